The largest absolute Gasteiger partial charge is 0.418 e. The van der Waals surface area contributed by atoms with E-state index in [1.54, 1.807) is 7.11 Å². The van der Waals surface area contributed by atoms with E-state index >= 15 is 0 Å². The van der Waals surface area contributed by atoms with Gasteiger partial charge in [-0.15, -0.1) is 0 Å². The zero-order valence-corrected chi connectivity index (χ0v) is 12.5. The Hall–Kier alpha value is 0.704. The van der Waals surface area contributed by atoms with Gasteiger partial charge in [-0.1, -0.05) is 0 Å². The third-order valence-corrected chi connectivity index (χ3v) is 8.95. The molecule has 2 nitrogen and oxygen atoms in total. The highest BCUT2D eigenvalue weighted by Gasteiger charge is 2.28. The van der Waals surface area contributed by atoms with Gasteiger partial charge in [0.2, 0.25) is 8.32 Å². The van der Waals surface area contributed by atoms with Crippen molar-refractivity contribution in [2.45, 2.75) is 26.2 Å². The quantitative estimate of drug-likeness (QED) is 0.663. The van der Waals surface area contributed by atoms with Crippen molar-refractivity contribution in [2.75, 3.05) is 25.0 Å². The number of hydrogen-bond donors (Lipinski definition) is 0. The summed E-state index contributed by atoms with van der Waals surface area (Å²) in [6.45, 7) is 8.92. The SMILES string of the molecule is CO[Si](C)(C)CO[Si](C)(C)CSC. The summed E-state index contributed by atoms with van der Waals surface area (Å²) in [6.07, 6.45) is 2.97. The molecule has 0 aliphatic carbocycles. The topological polar surface area (TPSA) is 18.5 Å². The summed E-state index contributed by atoms with van der Waals surface area (Å²) in [5.41, 5.74) is 0. The lowest BCUT2D eigenvalue weighted by molar-refractivity contribution is 0.315. The van der Waals surface area contributed by atoms with Gasteiger partial charge in [0.1, 0.15) is 0 Å². The molecule has 0 bridgehead atoms. The van der Waals surface area contributed by atoms with Crippen LogP contribution < -0.4 is 0 Å². The summed E-state index contributed by atoms with van der Waals surface area (Å²) in [7, 11) is -1.13. The second-order valence-electron chi connectivity index (χ2n) is 4.45. The standard InChI is InChI=1S/C8H22O2SSi2/c1-9-12(3,4)7-10-13(5,6)8-11-2/h7-8H2,1-6H3. The van der Waals surface area contributed by atoms with Crippen LogP contribution >= 0.6 is 11.8 Å². The van der Waals surface area contributed by atoms with E-state index in [1.807, 2.05) is 11.8 Å². The molecule has 0 radical (unpaired) electrons. The van der Waals surface area contributed by atoms with Crippen LogP contribution in [0.15, 0.2) is 0 Å². The average Bonchev–Trinajstić information content (AvgIpc) is 2.02. The van der Waals surface area contributed by atoms with Crippen LogP contribution in [0.3, 0.4) is 0 Å². The molecule has 0 N–H and O–H groups in total. The molecule has 0 unspecified atom stereocenters. The first-order valence-electron chi connectivity index (χ1n) is 4.51. The Morgan fingerprint density at radius 2 is 1.62 bits per heavy atom. The van der Waals surface area contributed by atoms with Crippen LogP contribution in [0.4, 0.5) is 0 Å². The molecule has 0 rings (SSSR count). The maximum Gasteiger partial charge on any atom is 0.210 e. The number of thioether (sulfide) groups is 1. The average molecular weight is 239 g/mol. The molecule has 0 aromatic heterocycles. The van der Waals surface area contributed by atoms with E-state index in [-0.39, 0.29) is 0 Å². The smallest absolute Gasteiger partial charge is 0.210 e. The summed E-state index contributed by atoms with van der Waals surface area (Å²) in [6, 6.07) is 0. The molecule has 0 fully saturated rings. The molecule has 0 aliphatic rings. The van der Waals surface area contributed by atoms with E-state index < -0.39 is 16.6 Å². The first-order chi connectivity index (χ1) is 5.83. The van der Waals surface area contributed by atoms with E-state index in [4.69, 9.17) is 8.85 Å². The van der Waals surface area contributed by atoms with E-state index in [9.17, 15) is 0 Å². The minimum absolute atomic E-state index is 0.837. The number of rotatable bonds is 6. The van der Waals surface area contributed by atoms with Gasteiger partial charge >= 0.3 is 0 Å². The molecular weight excluding hydrogens is 216 g/mol. The predicted octanol–water partition coefficient (Wildman–Crippen LogP) is 2.50. The second kappa shape index (κ2) is 5.55. The minimum atomic E-state index is -1.51. The summed E-state index contributed by atoms with van der Waals surface area (Å²) in [4.78, 5) is 0. The molecular formula is C8H22O2SSi2. The van der Waals surface area contributed by atoms with Crippen molar-refractivity contribution < 1.29 is 8.85 Å². The maximum absolute atomic E-state index is 5.98. The van der Waals surface area contributed by atoms with Crippen molar-refractivity contribution in [1.29, 1.82) is 0 Å². The van der Waals surface area contributed by atoms with Crippen molar-refractivity contribution in [3.8, 4) is 0 Å². The molecule has 0 saturated carbocycles. The van der Waals surface area contributed by atoms with E-state index in [1.165, 1.54) is 5.38 Å². The Balaban J connectivity index is 3.86. The molecule has 0 aromatic carbocycles. The van der Waals surface area contributed by atoms with E-state index in [0.29, 0.717) is 0 Å². The minimum Gasteiger partial charge on any atom is -0.418 e. The van der Waals surface area contributed by atoms with Gasteiger partial charge in [-0.25, -0.2) is 0 Å². The fraction of sp³-hybridized carbons (Fsp3) is 1.00. The summed E-state index contributed by atoms with van der Waals surface area (Å²) >= 11 is 1.88. The van der Waals surface area contributed by atoms with Crippen LogP contribution in [-0.4, -0.2) is 41.6 Å². The Morgan fingerprint density at radius 1 is 1.08 bits per heavy atom. The van der Waals surface area contributed by atoms with Gasteiger partial charge in [-0.3, -0.25) is 0 Å². The second-order valence-corrected chi connectivity index (χ2v) is 14.2. The lowest BCUT2D eigenvalue weighted by Crippen LogP contribution is -2.43. The van der Waals surface area contributed by atoms with Gasteiger partial charge in [0.15, 0.2) is 8.32 Å². The van der Waals surface area contributed by atoms with Crippen LogP contribution in [0, 0.1) is 0 Å². The summed E-state index contributed by atoms with van der Waals surface area (Å²) < 4.78 is 11.4. The first kappa shape index (κ1) is 13.7. The van der Waals surface area contributed by atoms with Crippen LogP contribution in [0.5, 0.6) is 0 Å². The Kier molecular flexibility index (Phi) is 5.85. The normalized spacial score (nSPS) is 13.4. The Morgan fingerprint density at radius 3 is 2.00 bits per heavy atom. The molecule has 5 heteroatoms. The molecule has 0 aliphatic heterocycles. The van der Waals surface area contributed by atoms with E-state index in [2.05, 4.69) is 32.4 Å². The van der Waals surface area contributed by atoms with Gasteiger partial charge in [0.25, 0.3) is 0 Å². The zero-order valence-electron chi connectivity index (χ0n) is 9.64. The summed E-state index contributed by atoms with van der Waals surface area (Å²) in [5.74, 6) is 0. The number of hydrogen-bond acceptors (Lipinski definition) is 3. The van der Waals surface area contributed by atoms with Gasteiger partial charge in [0.05, 0.1) is 6.23 Å². The van der Waals surface area contributed by atoms with E-state index in [0.717, 1.165) is 6.23 Å². The Labute approximate surface area is 88.7 Å². The monoisotopic (exact) mass is 238 g/mol. The maximum atomic E-state index is 5.98. The zero-order chi connectivity index (χ0) is 10.5. The molecule has 80 valence electrons. The lowest BCUT2D eigenvalue weighted by Gasteiger charge is -2.27. The highest BCUT2D eigenvalue weighted by atomic mass is 32.2. The highest BCUT2D eigenvalue weighted by molar-refractivity contribution is 8.00. The lowest BCUT2D eigenvalue weighted by atomic mass is 11.7. The van der Waals surface area contributed by atoms with Crippen LogP contribution in [0.1, 0.15) is 0 Å². The van der Waals surface area contributed by atoms with Gasteiger partial charge < -0.3 is 8.85 Å². The highest BCUT2D eigenvalue weighted by Crippen LogP contribution is 2.13. The van der Waals surface area contributed by atoms with Crippen molar-refractivity contribution >= 4 is 28.4 Å². The van der Waals surface area contributed by atoms with Gasteiger partial charge in [-0.2, -0.15) is 11.8 Å². The van der Waals surface area contributed by atoms with Crippen LogP contribution in [0.25, 0.3) is 0 Å². The molecule has 13 heavy (non-hydrogen) atoms. The molecule has 0 aromatic rings. The van der Waals surface area contributed by atoms with Crippen LogP contribution in [-0.2, 0) is 8.85 Å². The molecule has 0 amide bonds. The molecule has 0 spiro atoms. The molecule has 0 atom stereocenters. The van der Waals surface area contributed by atoms with Crippen molar-refractivity contribution in [2.24, 2.45) is 0 Å². The fourth-order valence-corrected chi connectivity index (χ4v) is 7.00. The fourth-order valence-electron chi connectivity index (χ4n) is 0.817. The first-order valence-corrected chi connectivity index (χ1v) is 12.1. The van der Waals surface area contributed by atoms with Gasteiger partial charge in [-0.05, 0) is 32.4 Å². The van der Waals surface area contributed by atoms with Crippen molar-refractivity contribution in [3.05, 3.63) is 0 Å². The van der Waals surface area contributed by atoms with Crippen molar-refractivity contribution in [3.63, 3.8) is 0 Å². The third kappa shape index (κ3) is 6.73. The predicted molar refractivity (Wildman–Crippen MR) is 66.3 cm³/mol. The molecule has 0 heterocycles. The summed E-state index contributed by atoms with van der Waals surface area (Å²) in [5, 5.41) is 1.17. The van der Waals surface area contributed by atoms with Crippen molar-refractivity contribution in [1.82, 2.24) is 0 Å². The Bertz CT molecular complexity index is 151. The molecule has 0 saturated heterocycles. The third-order valence-electron chi connectivity index (χ3n) is 1.86. The van der Waals surface area contributed by atoms with Gasteiger partial charge in [0, 0.05) is 12.5 Å². The van der Waals surface area contributed by atoms with Crippen LogP contribution in [0.2, 0.25) is 26.2 Å².